The first-order valence-electron chi connectivity index (χ1n) is 13.6. The number of ether oxygens (including phenoxy) is 1. The van der Waals surface area contributed by atoms with E-state index < -0.39 is 24.1 Å². The van der Waals surface area contributed by atoms with Gasteiger partial charge in [0.25, 0.3) is 15.9 Å². The lowest BCUT2D eigenvalue weighted by atomic mass is 10.1. The van der Waals surface area contributed by atoms with Crippen molar-refractivity contribution in [2.45, 2.75) is 50.2 Å². The van der Waals surface area contributed by atoms with Crippen LogP contribution in [0.4, 0.5) is 0 Å². The molecular weight excluding hydrogens is 579 g/mol. The predicted molar refractivity (Wildman–Crippen MR) is 161 cm³/mol. The van der Waals surface area contributed by atoms with Crippen LogP contribution in [0.3, 0.4) is 0 Å². The predicted octanol–water partition coefficient (Wildman–Crippen LogP) is 2.92. The van der Waals surface area contributed by atoms with Crippen LogP contribution < -0.4 is 0 Å². The Morgan fingerprint density at radius 3 is 2.71 bits per heavy atom. The fourth-order valence-corrected chi connectivity index (χ4v) is 7.84. The fraction of sp³-hybridized carbons (Fsp3) is 0.464. The number of nitrogens with zero attached hydrogens (tertiary/aromatic N) is 4. The van der Waals surface area contributed by atoms with E-state index in [-0.39, 0.29) is 42.9 Å². The third-order valence-electron chi connectivity index (χ3n) is 7.09. The molecule has 3 aromatic rings. The molecule has 1 fully saturated rings. The van der Waals surface area contributed by atoms with Crippen LogP contribution in [0.2, 0.25) is 19.6 Å². The molecule has 2 aliphatic rings. The standard InChI is InChI=1S/C28H35N5O5S2Si/c1-31(2)26(34)16-21-17-32(10-11-33(21)28(35)27-30-23-8-12-38-18-24(23)39-27)40(36,37)25-15-20-14-19(6-7-22(20)29-25)9-13-41(3,4)5/h6-7,14-15,21,29H,8,10-12,16-18H2,1-5H3. The number of thiazole rings is 1. The zero-order valence-corrected chi connectivity index (χ0v) is 26.6. The number of amides is 2. The summed E-state index contributed by atoms with van der Waals surface area (Å²) in [4.78, 5) is 37.9. The summed E-state index contributed by atoms with van der Waals surface area (Å²) >= 11 is 1.31. The van der Waals surface area contributed by atoms with Crippen molar-refractivity contribution in [2.75, 3.05) is 40.3 Å². The molecule has 0 aliphatic carbocycles. The average molecular weight is 614 g/mol. The van der Waals surface area contributed by atoms with Gasteiger partial charge >= 0.3 is 0 Å². The van der Waals surface area contributed by atoms with Gasteiger partial charge in [-0.1, -0.05) is 25.6 Å². The molecule has 2 amide bonds. The molecule has 10 nitrogen and oxygen atoms in total. The Morgan fingerprint density at radius 1 is 1.22 bits per heavy atom. The van der Waals surface area contributed by atoms with Crippen molar-refractivity contribution >= 4 is 52.2 Å². The first-order valence-corrected chi connectivity index (χ1v) is 19.3. The van der Waals surface area contributed by atoms with E-state index in [1.807, 2.05) is 18.2 Å². The maximum Gasteiger partial charge on any atom is 0.283 e. The highest BCUT2D eigenvalue weighted by Crippen LogP contribution is 2.29. The molecule has 4 heterocycles. The summed E-state index contributed by atoms with van der Waals surface area (Å²) in [5, 5.41) is 1.19. The largest absolute Gasteiger partial charge is 0.375 e. The summed E-state index contributed by atoms with van der Waals surface area (Å²) in [6.07, 6.45) is 0.662. The van der Waals surface area contributed by atoms with Gasteiger partial charge in [-0.3, -0.25) is 9.59 Å². The van der Waals surface area contributed by atoms with Crippen LogP contribution >= 0.6 is 11.3 Å². The highest BCUT2D eigenvalue weighted by Gasteiger charge is 2.39. The molecule has 1 saturated heterocycles. The van der Waals surface area contributed by atoms with Crippen molar-refractivity contribution < 1.29 is 22.7 Å². The van der Waals surface area contributed by atoms with Crippen molar-refractivity contribution in [3.05, 3.63) is 45.4 Å². The van der Waals surface area contributed by atoms with Crippen molar-refractivity contribution in [1.82, 2.24) is 24.1 Å². The smallest absolute Gasteiger partial charge is 0.283 e. The average Bonchev–Trinajstić information content (AvgIpc) is 3.55. The Hall–Kier alpha value is -3.02. The molecule has 2 aliphatic heterocycles. The molecule has 1 atom stereocenters. The minimum atomic E-state index is -3.92. The normalized spacial score (nSPS) is 18.1. The second kappa shape index (κ2) is 11.3. The molecule has 1 N–H and O–H groups in total. The molecule has 2 aromatic heterocycles. The highest BCUT2D eigenvalue weighted by molar-refractivity contribution is 7.89. The minimum Gasteiger partial charge on any atom is -0.375 e. The maximum atomic E-state index is 13.8. The summed E-state index contributed by atoms with van der Waals surface area (Å²) in [5.41, 5.74) is 5.75. The second-order valence-electron chi connectivity index (χ2n) is 11.6. The zero-order chi connectivity index (χ0) is 29.5. The van der Waals surface area contributed by atoms with Gasteiger partial charge in [-0.2, -0.15) is 4.31 Å². The molecule has 41 heavy (non-hydrogen) atoms. The number of aromatic nitrogens is 2. The zero-order valence-electron chi connectivity index (χ0n) is 24.0. The number of H-pyrrole nitrogens is 1. The number of hydrogen-bond donors (Lipinski definition) is 1. The molecule has 0 bridgehead atoms. The van der Waals surface area contributed by atoms with E-state index in [4.69, 9.17) is 4.74 Å². The van der Waals surface area contributed by atoms with Gasteiger partial charge in [0.15, 0.2) is 5.01 Å². The molecule has 0 saturated carbocycles. The van der Waals surface area contributed by atoms with Crippen LogP contribution in [0.15, 0.2) is 29.3 Å². The number of rotatable bonds is 5. The summed E-state index contributed by atoms with van der Waals surface area (Å²) in [6.45, 7) is 7.79. The summed E-state index contributed by atoms with van der Waals surface area (Å²) < 4.78 is 34.4. The van der Waals surface area contributed by atoms with Crippen LogP contribution in [0.5, 0.6) is 0 Å². The maximum absolute atomic E-state index is 13.8. The quantitative estimate of drug-likeness (QED) is 0.350. The Balaban J connectivity index is 1.40. The van der Waals surface area contributed by atoms with E-state index in [9.17, 15) is 18.0 Å². The lowest BCUT2D eigenvalue weighted by molar-refractivity contribution is -0.130. The van der Waals surface area contributed by atoms with Gasteiger partial charge in [0.05, 0.1) is 29.8 Å². The molecule has 0 spiro atoms. The number of nitrogens with one attached hydrogen (secondary N) is 1. The lowest BCUT2D eigenvalue weighted by Crippen LogP contribution is -2.57. The number of fused-ring (bicyclic) bond motifs is 2. The van der Waals surface area contributed by atoms with Crippen molar-refractivity contribution in [3.63, 3.8) is 0 Å². The molecule has 0 radical (unpaired) electrons. The van der Waals surface area contributed by atoms with Crippen LogP contribution in [0.25, 0.3) is 10.9 Å². The minimum absolute atomic E-state index is 0.00412. The molecule has 13 heteroatoms. The lowest BCUT2D eigenvalue weighted by Gasteiger charge is -2.40. The van der Waals surface area contributed by atoms with Gasteiger partial charge in [0.1, 0.15) is 13.1 Å². The summed E-state index contributed by atoms with van der Waals surface area (Å²) in [5.74, 6) is 2.75. The first-order chi connectivity index (χ1) is 19.3. The Kier molecular flexibility index (Phi) is 8.15. The van der Waals surface area contributed by atoms with E-state index in [1.54, 1.807) is 25.1 Å². The first kappa shape index (κ1) is 29.5. The number of piperazine rings is 1. The monoisotopic (exact) mass is 613 g/mol. The van der Waals surface area contributed by atoms with Crippen LogP contribution in [0, 0.1) is 11.5 Å². The van der Waals surface area contributed by atoms with Gasteiger partial charge in [-0.15, -0.1) is 16.9 Å². The number of sulfonamides is 1. The van der Waals surface area contributed by atoms with Gasteiger partial charge in [-0.05, 0) is 24.3 Å². The number of carbonyl (C=O) groups is 2. The van der Waals surface area contributed by atoms with Crippen LogP contribution in [0.1, 0.15) is 32.4 Å². The number of benzene rings is 1. The summed E-state index contributed by atoms with van der Waals surface area (Å²) in [7, 11) is -2.18. The van der Waals surface area contributed by atoms with Crippen LogP contribution in [-0.4, -0.2) is 98.8 Å². The van der Waals surface area contributed by atoms with Gasteiger partial charge in [-0.25, -0.2) is 13.4 Å². The van der Waals surface area contributed by atoms with E-state index in [1.165, 1.54) is 20.5 Å². The van der Waals surface area contributed by atoms with Crippen LogP contribution in [-0.2, 0) is 32.6 Å². The molecule has 5 rings (SSSR count). The molecule has 218 valence electrons. The Morgan fingerprint density at radius 2 is 2.00 bits per heavy atom. The van der Waals surface area contributed by atoms with Crippen molar-refractivity contribution in [1.29, 1.82) is 0 Å². The van der Waals surface area contributed by atoms with E-state index in [2.05, 4.69) is 41.1 Å². The number of carbonyl (C=O) groups excluding carboxylic acids is 2. The van der Waals surface area contributed by atoms with Gasteiger partial charge < -0.3 is 19.5 Å². The third-order valence-corrected chi connectivity index (χ3v) is 10.8. The van der Waals surface area contributed by atoms with E-state index in [0.29, 0.717) is 30.2 Å². The second-order valence-corrected chi connectivity index (χ2v) is 19.4. The number of aromatic amines is 1. The van der Waals surface area contributed by atoms with E-state index >= 15 is 0 Å². The highest BCUT2D eigenvalue weighted by atomic mass is 32.2. The topological polar surface area (TPSA) is 116 Å². The van der Waals surface area contributed by atoms with Crippen molar-refractivity contribution in [2.24, 2.45) is 0 Å². The fourth-order valence-electron chi connectivity index (χ4n) is 4.83. The third kappa shape index (κ3) is 6.41. The SMILES string of the molecule is CN(C)C(=O)CC1CN(S(=O)(=O)c2cc3cc(C#C[Si](C)(C)C)ccc3[nH]2)CCN1C(=O)c1nc2c(s1)COCC2. The number of hydrogen-bond acceptors (Lipinski definition) is 7. The Bertz CT molecular complexity index is 1640. The molecular formula is C28H35N5O5S2Si. The Labute approximate surface area is 245 Å². The molecule has 1 aromatic carbocycles. The van der Waals surface area contributed by atoms with Crippen molar-refractivity contribution in [3.8, 4) is 11.5 Å². The van der Waals surface area contributed by atoms with Gasteiger partial charge in [0.2, 0.25) is 5.91 Å². The van der Waals surface area contributed by atoms with Gasteiger partial charge in [0, 0.05) is 63.0 Å². The molecule has 1 unspecified atom stereocenters. The summed E-state index contributed by atoms with van der Waals surface area (Å²) in [6, 6.07) is 6.62. The van der Waals surface area contributed by atoms with E-state index in [0.717, 1.165) is 21.5 Å².